The maximum Gasteiger partial charge on any atom is 0.306 e. The molecule has 1 saturated carbocycles. The van der Waals surface area contributed by atoms with Gasteiger partial charge in [-0.25, -0.2) is 0 Å². The molecule has 1 aromatic rings. The second kappa shape index (κ2) is 6.79. The SMILES string of the molecule is C[C@H](NC1CCC(C(=O)O)CC1)c1cc(Cl)ccc1Cl. The van der Waals surface area contributed by atoms with Crippen LogP contribution in [0.1, 0.15) is 44.2 Å². The number of aliphatic carboxylic acids is 1. The van der Waals surface area contributed by atoms with Gasteiger partial charge in [0.1, 0.15) is 0 Å². The molecule has 20 heavy (non-hydrogen) atoms. The molecule has 0 bridgehead atoms. The van der Waals surface area contributed by atoms with Gasteiger partial charge in [-0.2, -0.15) is 0 Å². The molecule has 1 aliphatic rings. The van der Waals surface area contributed by atoms with Crippen LogP contribution in [0.25, 0.3) is 0 Å². The Kier molecular flexibility index (Phi) is 5.30. The highest BCUT2D eigenvalue weighted by Gasteiger charge is 2.26. The molecule has 0 heterocycles. The summed E-state index contributed by atoms with van der Waals surface area (Å²) in [7, 11) is 0. The van der Waals surface area contributed by atoms with E-state index >= 15 is 0 Å². The van der Waals surface area contributed by atoms with Crippen LogP contribution in [0.3, 0.4) is 0 Å². The lowest BCUT2D eigenvalue weighted by Gasteiger charge is -2.30. The van der Waals surface area contributed by atoms with Crippen LogP contribution < -0.4 is 5.32 Å². The van der Waals surface area contributed by atoms with Gasteiger partial charge in [0.05, 0.1) is 5.92 Å². The fraction of sp³-hybridized carbons (Fsp3) is 0.533. The van der Waals surface area contributed by atoms with Gasteiger partial charge in [0, 0.05) is 22.1 Å². The van der Waals surface area contributed by atoms with E-state index in [4.69, 9.17) is 28.3 Å². The molecule has 110 valence electrons. The Bertz CT molecular complexity index is 485. The average molecular weight is 316 g/mol. The van der Waals surface area contributed by atoms with Crippen molar-refractivity contribution in [2.45, 2.75) is 44.7 Å². The molecular weight excluding hydrogens is 297 g/mol. The summed E-state index contributed by atoms with van der Waals surface area (Å²) in [5.74, 6) is -0.854. The molecule has 0 aliphatic heterocycles. The summed E-state index contributed by atoms with van der Waals surface area (Å²) >= 11 is 12.2. The minimum absolute atomic E-state index is 0.104. The zero-order valence-corrected chi connectivity index (χ0v) is 12.9. The summed E-state index contributed by atoms with van der Waals surface area (Å²) in [6.07, 6.45) is 3.25. The number of hydrogen-bond donors (Lipinski definition) is 2. The lowest BCUT2D eigenvalue weighted by atomic mass is 9.85. The summed E-state index contributed by atoms with van der Waals surface area (Å²) in [5.41, 5.74) is 0.986. The molecule has 1 aromatic carbocycles. The zero-order chi connectivity index (χ0) is 14.7. The Hall–Kier alpha value is -0.770. The lowest BCUT2D eigenvalue weighted by molar-refractivity contribution is -0.142. The molecule has 0 radical (unpaired) electrons. The van der Waals surface area contributed by atoms with Crippen LogP contribution in [0.5, 0.6) is 0 Å². The van der Waals surface area contributed by atoms with Crippen LogP contribution in [0, 0.1) is 5.92 Å². The van der Waals surface area contributed by atoms with Gasteiger partial charge >= 0.3 is 5.97 Å². The molecule has 0 unspecified atom stereocenters. The molecule has 1 fully saturated rings. The van der Waals surface area contributed by atoms with Crippen LogP contribution in [0.15, 0.2) is 18.2 Å². The first-order chi connectivity index (χ1) is 9.47. The van der Waals surface area contributed by atoms with Crippen molar-refractivity contribution in [2.75, 3.05) is 0 Å². The molecule has 1 atom stereocenters. The fourth-order valence-corrected chi connectivity index (χ4v) is 3.26. The smallest absolute Gasteiger partial charge is 0.306 e. The van der Waals surface area contributed by atoms with Gasteiger partial charge in [-0.15, -0.1) is 0 Å². The highest BCUT2D eigenvalue weighted by Crippen LogP contribution is 2.29. The number of nitrogens with one attached hydrogen (secondary N) is 1. The molecule has 5 heteroatoms. The van der Waals surface area contributed by atoms with E-state index in [1.807, 2.05) is 6.07 Å². The van der Waals surface area contributed by atoms with E-state index in [1.165, 1.54) is 0 Å². The normalized spacial score (nSPS) is 24.4. The van der Waals surface area contributed by atoms with E-state index in [0.29, 0.717) is 16.1 Å². The van der Waals surface area contributed by atoms with Gasteiger partial charge in [0.15, 0.2) is 0 Å². The van der Waals surface area contributed by atoms with Crippen molar-refractivity contribution in [2.24, 2.45) is 5.92 Å². The molecule has 0 aromatic heterocycles. The summed E-state index contributed by atoms with van der Waals surface area (Å²) in [6.45, 7) is 2.06. The summed E-state index contributed by atoms with van der Waals surface area (Å²) in [4.78, 5) is 10.9. The van der Waals surface area contributed by atoms with Crippen molar-refractivity contribution in [3.8, 4) is 0 Å². The Morgan fingerprint density at radius 1 is 1.30 bits per heavy atom. The van der Waals surface area contributed by atoms with Crippen molar-refractivity contribution in [1.29, 1.82) is 0 Å². The number of benzene rings is 1. The number of hydrogen-bond acceptors (Lipinski definition) is 2. The van der Waals surface area contributed by atoms with Gasteiger partial charge in [-0.3, -0.25) is 4.79 Å². The van der Waals surface area contributed by atoms with E-state index in [1.54, 1.807) is 12.1 Å². The molecule has 0 spiro atoms. The lowest BCUT2D eigenvalue weighted by Crippen LogP contribution is -2.36. The molecule has 2 N–H and O–H groups in total. The minimum atomic E-state index is -0.672. The predicted molar refractivity (Wildman–Crippen MR) is 81.4 cm³/mol. The van der Waals surface area contributed by atoms with Crippen molar-refractivity contribution < 1.29 is 9.90 Å². The maximum atomic E-state index is 10.9. The fourth-order valence-electron chi connectivity index (χ4n) is 2.80. The number of carboxylic acids is 1. The molecule has 2 rings (SSSR count). The highest BCUT2D eigenvalue weighted by molar-refractivity contribution is 6.33. The third kappa shape index (κ3) is 3.87. The molecular formula is C15H19Cl2NO2. The number of carboxylic acid groups (broad SMARTS) is 1. The van der Waals surface area contributed by atoms with E-state index in [0.717, 1.165) is 31.2 Å². The van der Waals surface area contributed by atoms with Crippen molar-refractivity contribution in [1.82, 2.24) is 5.32 Å². The minimum Gasteiger partial charge on any atom is -0.481 e. The van der Waals surface area contributed by atoms with Crippen molar-refractivity contribution in [3.05, 3.63) is 33.8 Å². The average Bonchev–Trinajstić information content (AvgIpc) is 2.42. The van der Waals surface area contributed by atoms with Crippen LogP contribution in [0.2, 0.25) is 10.0 Å². The Labute approximate surface area is 129 Å². The van der Waals surface area contributed by atoms with E-state index in [2.05, 4.69) is 12.2 Å². The van der Waals surface area contributed by atoms with Crippen LogP contribution in [0.4, 0.5) is 0 Å². The van der Waals surface area contributed by atoms with Gasteiger partial charge in [0.2, 0.25) is 0 Å². The van der Waals surface area contributed by atoms with Gasteiger partial charge in [0.25, 0.3) is 0 Å². The first-order valence-corrected chi connectivity index (χ1v) is 7.66. The molecule has 3 nitrogen and oxygen atoms in total. The van der Waals surface area contributed by atoms with Crippen LogP contribution >= 0.6 is 23.2 Å². The summed E-state index contributed by atoms with van der Waals surface area (Å²) in [5, 5.41) is 13.9. The van der Waals surface area contributed by atoms with Crippen molar-refractivity contribution >= 4 is 29.2 Å². The van der Waals surface area contributed by atoms with Crippen LogP contribution in [-0.4, -0.2) is 17.1 Å². The molecule has 1 aliphatic carbocycles. The van der Waals surface area contributed by atoms with Crippen LogP contribution in [-0.2, 0) is 4.79 Å². The third-order valence-corrected chi connectivity index (χ3v) is 4.57. The van der Waals surface area contributed by atoms with Crippen molar-refractivity contribution in [3.63, 3.8) is 0 Å². The summed E-state index contributed by atoms with van der Waals surface area (Å²) < 4.78 is 0. The maximum absolute atomic E-state index is 10.9. The van der Waals surface area contributed by atoms with E-state index in [9.17, 15) is 4.79 Å². The molecule has 0 amide bonds. The zero-order valence-electron chi connectivity index (χ0n) is 11.4. The number of halogens is 2. The first-order valence-electron chi connectivity index (χ1n) is 6.91. The Balaban J connectivity index is 1.94. The standard InChI is InChI=1S/C15H19Cl2NO2/c1-9(13-8-11(16)4-7-14(13)17)18-12-5-2-10(3-6-12)15(19)20/h4,7-10,12,18H,2-3,5-6H2,1H3,(H,19,20)/t9-,10?,12?/m0/s1. The number of carbonyl (C=O) groups is 1. The number of rotatable bonds is 4. The first kappa shape index (κ1) is 15.6. The van der Waals surface area contributed by atoms with Gasteiger partial charge in [-0.1, -0.05) is 23.2 Å². The second-order valence-electron chi connectivity index (χ2n) is 5.44. The second-order valence-corrected chi connectivity index (χ2v) is 6.28. The third-order valence-electron chi connectivity index (χ3n) is 3.99. The van der Waals surface area contributed by atoms with E-state index in [-0.39, 0.29) is 12.0 Å². The van der Waals surface area contributed by atoms with Gasteiger partial charge in [-0.05, 0) is 56.4 Å². The predicted octanol–water partition coefficient (Wildman–Crippen LogP) is 4.29. The topological polar surface area (TPSA) is 49.3 Å². The van der Waals surface area contributed by atoms with E-state index < -0.39 is 5.97 Å². The molecule has 0 saturated heterocycles. The quantitative estimate of drug-likeness (QED) is 0.871. The largest absolute Gasteiger partial charge is 0.481 e. The Morgan fingerprint density at radius 2 is 1.95 bits per heavy atom. The summed E-state index contributed by atoms with van der Waals surface area (Å²) in [6, 6.07) is 5.91. The monoisotopic (exact) mass is 315 g/mol. The Morgan fingerprint density at radius 3 is 2.55 bits per heavy atom. The highest BCUT2D eigenvalue weighted by atomic mass is 35.5. The van der Waals surface area contributed by atoms with Gasteiger partial charge < -0.3 is 10.4 Å².